The Hall–Kier alpha value is -2.17. The van der Waals surface area contributed by atoms with Gasteiger partial charge in [0.2, 0.25) is 0 Å². The van der Waals surface area contributed by atoms with Crippen LogP contribution in [0.4, 0.5) is 13.2 Å². The molecular weight excluding hydrogens is 339 g/mol. The molecule has 0 bridgehead atoms. The van der Waals surface area contributed by atoms with Crippen LogP contribution in [-0.2, 0) is 6.42 Å². The Morgan fingerprint density at radius 1 is 1.33 bits per heavy atom. The fourth-order valence-electron chi connectivity index (χ4n) is 2.74. The molecule has 124 valence electrons. The monoisotopic (exact) mass is 351 g/mol. The molecule has 0 aliphatic heterocycles. The molecule has 0 radical (unpaired) electrons. The minimum atomic E-state index is -1.51. The molecule has 7 heteroatoms. The summed E-state index contributed by atoms with van der Waals surface area (Å²) in [5.41, 5.74) is 0.824. The van der Waals surface area contributed by atoms with Crippen molar-refractivity contribution < 1.29 is 23.0 Å². The second-order valence-electron chi connectivity index (χ2n) is 5.26. The first-order valence-corrected chi connectivity index (χ1v) is 8.07. The van der Waals surface area contributed by atoms with Gasteiger partial charge in [0.15, 0.2) is 0 Å². The molecule has 0 aromatic heterocycles. The summed E-state index contributed by atoms with van der Waals surface area (Å²) in [5, 5.41) is 18.9. The van der Waals surface area contributed by atoms with E-state index < -0.39 is 24.1 Å². The van der Waals surface area contributed by atoms with Gasteiger partial charge in [0.25, 0.3) is 0 Å². The molecular formula is C17H12F3NO2S. The maximum Gasteiger partial charge on any atom is 0.139 e. The summed E-state index contributed by atoms with van der Waals surface area (Å²) < 4.78 is 45.7. The van der Waals surface area contributed by atoms with Crippen LogP contribution in [0.2, 0.25) is 0 Å². The van der Waals surface area contributed by atoms with Crippen LogP contribution in [0.5, 0.6) is 11.5 Å². The van der Waals surface area contributed by atoms with Crippen LogP contribution < -0.4 is 4.74 Å². The highest BCUT2D eigenvalue weighted by molar-refractivity contribution is 7.99. The SMILES string of the molecule is N#Cc1cc(F)cc(Oc2ccc(SCF)c3c2CC(F)C3O)c1. The Morgan fingerprint density at radius 2 is 2.12 bits per heavy atom. The van der Waals surface area contributed by atoms with Gasteiger partial charge in [-0.1, -0.05) is 11.8 Å². The Labute approximate surface area is 140 Å². The van der Waals surface area contributed by atoms with E-state index in [0.29, 0.717) is 16.0 Å². The van der Waals surface area contributed by atoms with Crippen LogP contribution >= 0.6 is 11.8 Å². The highest BCUT2D eigenvalue weighted by atomic mass is 32.2. The van der Waals surface area contributed by atoms with Gasteiger partial charge in [0.1, 0.15) is 35.6 Å². The summed E-state index contributed by atoms with van der Waals surface area (Å²) in [7, 11) is 0. The van der Waals surface area contributed by atoms with Crippen molar-refractivity contribution in [3.63, 3.8) is 0 Å². The molecule has 2 unspecified atom stereocenters. The topological polar surface area (TPSA) is 53.2 Å². The average molecular weight is 351 g/mol. The van der Waals surface area contributed by atoms with E-state index in [4.69, 9.17) is 10.00 Å². The van der Waals surface area contributed by atoms with Crippen molar-refractivity contribution in [2.75, 3.05) is 6.01 Å². The van der Waals surface area contributed by atoms with E-state index in [0.717, 1.165) is 23.9 Å². The first-order chi connectivity index (χ1) is 11.5. The van der Waals surface area contributed by atoms with Gasteiger partial charge in [0, 0.05) is 28.5 Å². The van der Waals surface area contributed by atoms with Crippen LogP contribution in [0.25, 0.3) is 0 Å². The molecule has 0 spiro atoms. The van der Waals surface area contributed by atoms with E-state index in [1.54, 1.807) is 0 Å². The summed E-state index contributed by atoms with van der Waals surface area (Å²) in [6.07, 6.45) is -2.93. The molecule has 3 nitrogen and oxygen atoms in total. The molecule has 2 aromatic carbocycles. The number of halogens is 3. The Bertz CT molecular complexity index is 822. The van der Waals surface area contributed by atoms with E-state index >= 15 is 0 Å². The summed E-state index contributed by atoms with van der Waals surface area (Å²) >= 11 is 0.858. The largest absolute Gasteiger partial charge is 0.457 e. The van der Waals surface area contributed by atoms with Gasteiger partial charge in [-0.05, 0) is 24.3 Å². The van der Waals surface area contributed by atoms with E-state index in [2.05, 4.69) is 0 Å². The average Bonchev–Trinajstić information content (AvgIpc) is 2.85. The smallest absolute Gasteiger partial charge is 0.139 e. The Morgan fingerprint density at radius 3 is 2.83 bits per heavy atom. The zero-order valence-corrected chi connectivity index (χ0v) is 13.1. The first-order valence-electron chi connectivity index (χ1n) is 7.08. The minimum Gasteiger partial charge on any atom is -0.457 e. The third-order valence-electron chi connectivity index (χ3n) is 3.75. The second kappa shape index (κ2) is 6.75. The molecule has 1 aliphatic carbocycles. The van der Waals surface area contributed by atoms with Gasteiger partial charge in [-0.3, -0.25) is 0 Å². The van der Waals surface area contributed by atoms with Crippen molar-refractivity contribution in [1.29, 1.82) is 5.26 Å². The van der Waals surface area contributed by atoms with E-state index in [9.17, 15) is 18.3 Å². The quantitative estimate of drug-likeness (QED) is 0.828. The highest BCUT2D eigenvalue weighted by Gasteiger charge is 2.35. The molecule has 0 saturated carbocycles. The van der Waals surface area contributed by atoms with E-state index in [1.807, 2.05) is 6.07 Å². The highest BCUT2D eigenvalue weighted by Crippen LogP contribution is 2.45. The Kier molecular flexibility index (Phi) is 4.69. The minimum absolute atomic E-state index is 0.0764. The summed E-state index contributed by atoms with van der Waals surface area (Å²) in [5.74, 6) is -0.285. The van der Waals surface area contributed by atoms with Gasteiger partial charge >= 0.3 is 0 Å². The van der Waals surface area contributed by atoms with Crippen molar-refractivity contribution in [2.45, 2.75) is 23.6 Å². The lowest BCUT2D eigenvalue weighted by Gasteiger charge is -2.14. The number of alkyl halides is 2. The predicted molar refractivity (Wildman–Crippen MR) is 83.0 cm³/mol. The van der Waals surface area contributed by atoms with Gasteiger partial charge in [-0.25, -0.2) is 13.2 Å². The zero-order valence-electron chi connectivity index (χ0n) is 12.3. The van der Waals surface area contributed by atoms with Gasteiger partial charge < -0.3 is 9.84 Å². The molecule has 1 aliphatic rings. The number of nitriles is 1. The van der Waals surface area contributed by atoms with E-state index in [-0.39, 0.29) is 23.5 Å². The third-order valence-corrected chi connectivity index (χ3v) is 4.53. The fourth-order valence-corrected chi connectivity index (χ4v) is 3.42. The van der Waals surface area contributed by atoms with Crippen molar-refractivity contribution in [3.8, 4) is 17.6 Å². The lowest BCUT2D eigenvalue weighted by atomic mass is 10.1. The normalized spacial score (nSPS) is 19.0. The second-order valence-corrected chi connectivity index (χ2v) is 6.21. The number of rotatable bonds is 4. The number of aliphatic hydroxyl groups is 1. The Balaban J connectivity index is 2.02. The molecule has 0 saturated heterocycles. The molecule has 24 heavy (non-hydrogen) atoms. The molecule has 0 fully saturated rings. The van der Waals surface area contributed by atoms with Gasteiger partial charge in [-0.2, -0.15) is 5.26 Å². The standard InChI is InChI=1S/C17H12F3NO2S/c18-8-24-15-2-1-14(12-6-13(20)17(22)16(12)15)23-11-4-9(7-21)3-10(19)5-11/h1-5,13,17,22H,6,8H2. The predicted octanol–water partition coefficient (Wildman–Crippen LogP) is 4.44. The molecule has 0 heterocycles. The number of ether oxygens (including phenoxy) is 1. The third kappa shape index (κ3) is 3.07. The molecule has 3 rings (SSSR count). The number of hydrogen-bond donors (Lipinski definition) is 1. The van der Waals surface area contributed by atoms with Gasteiger partial charge in [0.05, 0.1) is 11.6 Å². The number of aliphatic hydroxyl groups excluding tert-OH is 1. The molecule has 2 atom stereocenters. The van der Waals surface area contributed by atoms with Crippen molar-refractivity contribution >= 4 is 11.8 Å². The summed E-state index contributed by atoms with van der Waals surface area (Å²) in [6, 6.07) is 7.71. The first kappa shape index (κ1) is 16.7. The van der Waals surface area contributed by atoms with E-state index in [1.165, 1.54) is 18.2 Å². The number of fused-ring (bicyclic) bond motifs is 1. The zero-order chi connectivity index (χ0) is 17.3. The van der Waals surface area contributed by atoms with Crippen molar-refractivity contribution in [1.82, 2.24) is 0 Å². The number of nitrogens with zero attached hydrogens (tertiary/aromatic N) is 1. The molecule has 0 amide bonds. The maximum absolute atomic E-state index is 13.9. The van der Waals surface area contributed by atoms with Crippen molar-refractivity contribution in [2.24, 2.45) is 0 Å². The lowest BCUT2D eigenvalue weighted by molar-refractivity contribution is 0.0908. The molecule has 1 N–H and O–H groups in total. The lowest BCUT2D eigenvalue weighted by Crippen LogP contribution is -2.06. The van der Waals surface area contributed by atoms with Crippen LogP contribution in [0.1, 0.15) is 22.8 Å². The molecule has 2 aromatic rings. The summed E-state index contributed by atoms with van der Waals surface area (Å²) in [6.45, 7) is 0. The maximum atomic E-state index is 13.9. The summed E-state index contributed by atoms with van der Waals surface area (Å²) in [4.78, 5) is 0.449. The number of benzene rings is 2. The van der Waals surface area contributed by atoms with Crippen LogP contribution in [0, 0.1) is 17.1 Å². The van der Waals surface area contributed by atoms with Crippen LogP contribution in [0.3, 0.4) is 0 Å². The van der Waals surface area contributed by atoms with Crippen molar-refractivity contribution in [3.05, 3.63) is 52.8 Å². The van der Waals surface area contributed by atoms with Crippen LogP contribution in [0.15, 0.2) is 35.2 Å². The van der Waals surface area contributed by atoms with Gasteiger partial charge in [-0.15, -0.1) is 0 Å². The number of thioether (sulfide) groups is 1. The van der Waals surface area contributed by atoms with Crippen LogP contribution in [-0.4, -0.2) is 17.3 Å². The fraction of sp³-hybridized carbons (Fsp3) is 0.235. The number of hydrogen-bond acceptors (Lipinski definition) is 4.